The second-order valence-electron chi connectivity index (χ2n) is 5.66. The third kappa shape index (κ3) is 3.53. The van der Waals surface area contributed by atoms with Crippen LogP contribution in [0.3, 0.4) is 0 Å². The molecule has 0 bridgehead atoms. The maximum atomic E-state index is 12.4. The van der Waals surface area contributed by atoms with Crippen LogP contribution in [-0.4, -0.2) is 25.5 Å². The molecule has 6 nitrogen and oxygen atoms in total. The number of benzene rings is 1. The van der Waals surface area contributed by atoms with E-state index in [0.717, 1.165) is 23.4 Å². The maximum absolute atomic E-state index is 12.4. The zero-order valence-electron chi connectivity index (χ0n) is 13.9. The van der Waals surface area contributed by atoms with Gasteiger partial charge in [-0.25, -0.2) is 0 Å². The van der Waals surface area contributed by atoms with Gasteiger partial charge in [-0.15, -0.1) is 0 Å². The normalized spacial score (nSPS) is 10.8. The number of carbonyl (C=O) groups is 1. The van der Waals surface area contributed by atoms with Gasteiger partial charge in [0.15, 0.2) is 0 Å². The fourth-order valence-electron chi connectivity index (χ4n) is 2.65. The first-order chi connectivity index (χ1) is 11.7. The Morgan fingerprint density at radius 3 is 2.83 bits per heavy atom. The Morgan fingerprint density at radius 2 is 2.12 bits per heavy atom. The van der Waals surface area contributed by atoms with Gasteiger partial charge in [-0.2, -0.15) is 10.2 Å². The number of aryl methyl sites for hydroxylation is 1. The molecule has 6 heteroatoms. The Hall–Kier alpha value is -2.89. The number of hydrogen-bond donors (Lipinski definition) is 1. The second-order valence-corrected chi connectivity index (χ2v) is 5.66. The third-order valence-electron chi connectivity index (χ3n) is 4.04. The Balaban J connectivity index is 1.65. The highest BCUT2D eigenvalue weighted by atomic mass is 16.1. The van der Waals surface area contributed by atoms with Crippen molar-refractivity contribution >= 4 is 5.91 Å². The lowest BCUT2D eigenvalue weighted by Gasteiger charge is -2.08. The number of rotatable bonds is 6. The fraction of sp³-hybridized carbons (Fsp3) is 0.278. The predicted octanol–water partition coefficient (Wildman–Crippen LogP) is 2.39. The van der Waals surface area contributed by atoms with Crippen molar-refractivity contribution in [3.8, 4) is 0 Å². The molecule has 2 heterocycles. The van der Waals surface area contributed by atoms with Gasteiger partial charge in [0.25, 0.3) is 5.91 Å². The highest BCUT2D eigenvalue weighted by Crippen LogP contribution is 2.09. The van der Waals surface area contributed by atoms with E-state index in [1.165, 1.54) is 0 Å². The molecule has 1 aromatic carbocycles. The van der Waals surface area contributed by atoms with Crippen LogP contribution >= 0.6 is 0 Å². The molecule has 24 heavy (non-hydrogen) atoms. The lowest BCUT2D eigenvalue weighted by Crippen LogP contribution is -2.23. The summed E-state index contributed by atoms with van der Waals surface area (Å²) in [4.78, 5) is 12.4. The molecule has 0 aliphatic rings. The highest BCUT2D eigenvalue weighted by Gasteiger charge is 2.09. The second kappa shape index (κ2) is 7.12. The minimum Gasteiger partial charge on any atom is -0.348 e. The number of nitrogens with one attached hydrogen (secondary N) is 1. The van der Waals surface area contributed by atoms with Gasteiger partial charge in [-0.05, 0) is 37.6 Å². The van der Waals surface area contributed by atoms with Gasteiger partial charge < -0.3 is 5.32 Å². The van der Waals surface area contributed by atoms with E-state index in [4.69, 9.17) is 0 Å². The van der Waals surface area contributed by atoms with Crippen molar-refractivity contribution in [2.45, 2.75) is 33.5 Å². The Morgan fingerprint density at radius 1 is 1.25 bits per heavy atom. The fourth-order valence-corrected chi connectivity index (χ4v) is 2.65. The number of hydrogen-bond acceptors (Lipinski definition) is 3. The maximum Gasteiger partial charge on any atom is 0.251 e. The molecular formula is C18H21N5O. The molecular weight excluding hydrogens is 302 g/mol. The quantitative estimate of drug-likeness (QED) is 0.757. The van der Waals surface area contributed by atoms with Crippen molar-refractivity contribution in [1.82, 2.24) is 24.9 Å². The molecule has 0 saturated carbocycles. The molecule has 0 atom stereocenters. The lowest BCUT2D eigenvalue weighted by atomic mass is 10.1. The molecule has 3 rings (SSSR count). The van der Waals surface area contributed by atoms with Crippen LogP contribution in [0.1, 0.15) is 34.1 Å². The van der Waals surface area contributed by atoms with Crippen molar-refractivity contribution in [2.24, 2.45) is 0 Å². The molecule has 124 valence electrons. The van der Waals surface area contributed by atoms with E-state index in [1.54, 1.807) is 6.20 Å². The summed E-state index contributed by atoms with van der Waals surface area (Å²) in [5.74, 6) is -0.0824. The van der Waals surface area contributed by atoms with Crippen LogP contribution in [-0.2, 0) is 19.6 Å². The molecule has 0 spiro atoms. The summed E-state index contributed by atoms with van der Waals surface area (Å²) in [5, 5.41) is 11.5. The molecule has 0 fully saturated rings. The van der Waals surface area contributed by atoms with E-state index < -0.39 is 0 Å². The molecule has 1 amide bonds. The molecule has 0 radical (unpaired) electrons. The van der Waals surface area contributed by atoms with Crippen LogP contribution in [0.2, 0.25) is 0 Å². The van der Waals surface area contributed by atoms with E-state index in [0.29, 0.717) is 18.7 Å². The molecule has 3 aromatic rings. The molecule has 1 N–H and O–H groups in total. The predicted molar refractivity (Wildman–Crippen MR) is 91.6 cm³/mol. The van der Waals surface area contributed by atoms with Crippen molar-refractivity contribution in [1.29, 1.82) is 0 Å². The summed E-state index contributed by atoms with van der Waals surface area (Å²) in [7, 11) is 0. The first-order valence-corrected chi connectivity index (χ1v) is 8.03. The van der Waals surface area contributed by atoms with Crippen LogP contribution in [0.25, 0.3) is 0 Å². The van der Waals surface area contributed by atoms with E-state index in [-0.39, 0.29) is 5.91 Å². The monoisotopic (exact) mass is 323 g/mol. The smallest absolute Gasteiger partial charge is 0.251 e. The number of carbonyl (C=O) groups excluding carboxylic acids is 1. The van der Waals surface area contributed by atoms with Gasteiger partial charge in [0, 0.05) is 42.3 Å². The Labute approximate surface area is 141 Å². The molecule has 0 aliphatic carbocycles. The van der Waals surface area contributed by atoms with Gasteiger partial charge in [0.05, 0.1) is 12.7 Å². The first-order valence-electron chi connectivity index (χ1n) is 8.03. The Bertz CT molecular complexity index is 820. The summed E-state index contributed by atoms with van der Waals surface area (Å²) < 4.78 is 3.76. The van der Waals surface area contributed by atoms with Gasteiger partial charge in [0.1, 0.15) is 0 Å². The molecule has 2 aromatic heterocycles. The average molecular weight is 323 g/mol. The number of aromatic nitrogens is 4. The summed E-state index contributed by atoms with van der Waals surface area (Å²) in [6.07, 6.45) is 5.46. The number of amides is 1. The standard InChI is InChI=1S/C18H21N5O/c1-3-23-14(2)17(12-21-23)11-19-18(24)16-7-4-6-15(10-16)13-22-9-5-8-20-22/h4-10,12H,3,11,13H2,1-2H3,(H,19,24). The summed E-state index contributed by atoms with van der Waals surface area (Å²) in [6.45, 7) is 6.02. The average Bonchev–Trinajstić information content (AvgIpc) is 3.22. The van der Waals surface area contributed by atoms with Gasteiger partial charge >= 0.3 is 0 Å². The van der Waals surface area contributed by atoms with Crippen LogP contribution < -0.4 is 5.32 Å². The van der Waals surface area contributed by atoms with Crippen LogP contribution in [0.5, 0.6) is 0 Å². The van der Waals surface area contributed by atoms with E-state index in [9.17, 15) is 4.79 Å². The molecule has 0 saturated heterocycles. The largest absolute Gasteiger partial charge is 0.348 e. The van der Waals surface area contributed by atoms with Crippen molar-refractivity contribution in [3.63, 3.8) is 0 Å². The summed E-state index contributed by atoms with van der Waals surface area (Å²) in [5.41, 5.74) is 3.82. The summed E-state index contributed by atoms with van der Waals surface area (Å²) >= 11 is 0. The molecule has 0 aliphatic heterocycles. The van der Waals surface area contributed by atoms with Gasteiger partial charge in [0.2, 0.25) is 0 Å². The topological polar surface area (TPSA) is 64.7 Å². The van der Waals surface area contributed by atoms with E-state index in [1.807, 2.05) is 65.9 Å². The van der Waals surface area contributed by atoms with Crippen LogP contribution in [0, 0.1) is 6.92 Å². The summed E-state index contributed by atoms with van der Waals surface area (Å²) in [6, 6.07) is 9.50. The van der Waals surface area contributed by atoms with Crippen molar-refractivity contribution in [2.75, 3.05) is 0 Å². The van der Waals surface area contributed by atoms with Crippen molar-refractivity contribution < 1.29 is 4.79 Å². The highest BCUT2D eigenvalue weighted by molar-refractivity contribution is 5.94. The zero-order valence-corrected chi connectivity index (χ0v) is 13.9. The zero-order chi connectivity index (χ0) is 16.9. The third-order valence-corrected chi connectivity index (χ3v) is 4.04. The van der Waals surface area contributed by atoms with E-state index in [2.05, 4.69) is 15.5 Å². The minimum atomic E-state index is -0.0824. The van der Waals surface area contributed by atoms with Gasteiger partial charge in [-0.3, -0.25) is 14.2 Å². The van der Waals surface area contributed by atoms with Gasteiger partial charge in [-0.1, -0.05) is 12.1 Å². The van der Waals surface area contributed by atoms with E-state index >= 15 is 0 Å². The van der Waals surface area contributed by atoms with Crippen molar-refractivity contribution in [3.05, 3.63) is 71.3 Å². The molecule has 0 unspecified atom stereocenters. The van der Waals surface area contributed by atoms with Crippen LogP contribution in [0.15, 0.2) is 48.9 Å². The lowest BCUT2D eigenvalue weighted by molar-refractivity contribution is 0.0950. The SMILES string of the molecule is CCn1ncc(CNC(=O)c2cccc(Cn3cccn3)c2)c1C. The van der Waals surface area contributed by atoms with Crippen LogP contribution in [0.4, 0.5) is 0 Å². The minimum absolute atomic E-state index is 0.0824. The first kappa shape index (κ1) is 16.0. The Kier molecular flexibility index (Phi) is 4.74. The number of nitrogens with zero attached hydrogens (tertiary/aromatic N) is 4.